The quantitative estimate of drug-likeness (QED) is 0.522. The van der Waals surface area contributed by atoms with E-state index in [0.29, 0.717) is 30.5 Å². The molecule has 0 radical (unpaired) electrons. The van der Waals surface area contributed by atoms with Crippen LogP contribution in [0.25, 0.3) is 0 Å². The number of rotatable bonds is 4. The van der Waals surface area contributed by atoms with Gasteiger partial charge in [-0.05, 0) is 18.6 Å². The summed E-state index contributed by atoms with van der Waals surface area (Å²) in [6.07, 6.45) is 0.960. The predicted octanol–water partition coefficient (Wildman–Crippen LogP) is 2.11. The van der Waals surface area contributed by atoms with Gasteiger partial charge in [0, 0.05) is 13.0 Å². The lowest BCUT2D eigenvalue weighted by Gasteiger charge is -2.13. The second-order valence-corrected chi connectivity index (χ2v) is 4.04. The first-order valence-corrected chi connectivity index (χ1v) is 5.71. The Balaban J connectivity index is 0.00000180. The summed E-state index contributed by atoms with van der Waals surface area (Å²) in [6, 6.07) is 6.81. The van der Waals surface area contributed by atoms with Gasteiger partial charge in [0.15, 0.2) is 5.90 Å². The molecule has 2 amide bonds. The fourth-order valence-corrected chi connectivity index (χ4v) is 1.94. The van der Waals surface area contributed by atoms with Gasteiger partial charge in [-0.1, -0.05) is 12.1 Å². The second-order valence-electron chi connectivity index (χ2n) is 4.04. The van der Waals surface area contributed by atoms with Crippen molar-refractivity contribution >= 4 is 30.1 Å². The van der Waals surface area contributed by atoms with Crippen LogP contribution < -0.4 is 0 Å². The number of ether oxygens (including phenoxy) is 1. The first kappa shape index (κ1) is 15.2. The Morgan fingerprint density at radius 2 is 1.74 bits per heavy atom. The van der Waals surface area contributed by atoms with Crippen LogP contribution in [0.3, 0.4) is 0 Å². The minimum atomic E-state index is -0.250. The molecule has 1 N–H and O–H groups in total. The highest BCUT2D eigenvalue weighted by Crippen LogP contribution is 2.22. The molecule has 5 nitrogen and oxygen atoms in total. The third-order valence-corrected chi connectivity index (χ3v) is 2.91. The molecule has 19 heavy (non-hydrogen) atoms. The summed E-state index contributed by atoms with van der Waals surface area (Å²) in [6.45, 7) is 0.318. The number of benzene rings is 1. The first-order chi connectivity index (χ1) is 8.65. The SMILES string of the molecule is COC(=N)CCCN1C(=O)c2ccccc2C1=O.Cl. The Morgan fingerprint density at radius 1 is 1.21 bits per heavy atom. The number of imide groups is 1. The van der Waals surface area contributed by atoms with E-state index < -0.39 is 0 Å². The van der Waals surface area contributed by atoms with Crippen LogP contribution in [0.2, 0.25) is 0 Å². The Morgan fingerprint density at radius 3 is 2.21 bits per heavy atom. The molecule has 0 saturated carbocycles. The normalized spacial score (nSPS) is 13.0. The molecule has 102 valence electrons. The van der Waals surface area contributed by atoms with Crippen LogP contribution in [0.15, 0.2) is 24.3 Å². The molecule has 1 aromatic carbocycles. The van der Waals surface area contributed by atoms with Crippen molar-refractivity contribution < 1.29 is 14.3 Å². The molecule has 1 aliphatic rings. The van der Waals surface area contributed by atoms with E-state index in [1.807, 2.05) is 0 Å². The maximum Gasteiger partial charge on any atom is 0.261 e. The van der Waals surface area contributed by atoms with Crippen LogP contribution in [-0.2, 0) is 4.74 Å². The molecule has 0 aromatic heterocycles. The number of hydrogen-bond donors (Lipinski definition) is 1. The molecule has 0 atom stereocenters. The Hall–Kier alpha value is -1.88. The molecular formula is C13H15ClN2O3. The van der Waals surface area contributed by atoms with E-state index in [1.165, 1.54) is 12.0 Å². The topological polar surface area (TPSA) is 70.5 Å². The number of halogens is 1. The highest BCUT2D eigenvalue weighted by molar-refractivity contribution is 6.21. The summed E-state index contributed by atoms with van der Waals surface area (Å²) in [7, 11) is 1.43. The van der Waals surface area contributed by atoms with Crippen molar-refractivity contribution in [1.82, 2.24) is 4.90 Å². The molecule has 0 unspecified atom stereocenters. The van der Waals surface area contributed by atoms with Gasteiger partial charge in [0.2, 0.25) is 0 Å². The number of nitrogens with zero attached hydrogens (tertiary/aromatic N) is 1. The van der Waals surface area contributed by atoms with Gasteiger partial charge in [0.05, 0.1) is 18.2 Å². The van der Waals surface area contributed by atoms with Gasteiger partial charge in [0.25, 0.3) is 11.8 Å². The van der Waals surface area contributed by atoms with Gasteiger partial charge in [0.1, 0.15) is 0 Å². The Kier molecular flexibility index (Phi) is 5.06. The molecular weight excluding hydrogens is 268 g/mol. The van der Waals surface area contributed by atoms with Crippen molar-refractivity contribution in [3.63, 3.8) is 0 Å². The van der Waals surface area contributed by atoms with Crippen molar-refractivity contribution in [1.29, 1.82) is 5.41 Å². The molecule has 0 saturated heterocycles. The zero-order chi connectivity index (χ0) is 13.1. The van der Waals surface area contributed by atoms with Crippen molar-refractivity contribution in [3.05, 3.63) is 35.4 Å². The minimum Gasteiger partial charge on any atom is -0.484 e. The molecule has 0 spiro atoms. The van der Waals surface area contributed by atoms with Crippen LogP contribution in [0, 0.1) is 5.41 Å². The number of hydrogen-bond acceptors (Lipinski definition) is 4. The number of carbonyl (C=O) groups excluding carboxylic acids is 2. The molecule has 0 bridgehead atoms. The fourth-order valence-electron chi connectivity index (χ4n) is 1.94. The van der Waals surface area contributed by atoms with Gasteiger partial charge >= 0.3 is 0 Å². The van der Waals surface area contributed by atoms with Gasteiger partial charge in [-0.25, -0.2) is 0 Å². The molecule has 1 heterocycles. The fraction of sp³-hybridized carbons (Fsp3) is 0.308. The third kappa shape index (κ3) is 2.93. The molecule has 1 aromatic rings. The van der Waals surface area contributed by atoms with Crippen molar-refractivity contribution in [2.45, 2.75) is 12.8 Å². The first-order valence-electron chi connectivity index (χ1n) is 5.71. The van der Waals surface area contributed by atoms with Crippen LogP contribution in [0.1, 0.15) is 33.6 Å². The van der Waals surface area contributed by atoms with Crippen LogP contribution in [0.4, 0.5) is 0 Å². The monoisotopic (exact) mass is 282 g/mol. The summed E-state index contributed by atoms with van der Waals surface area (Å²) >= 11 is 0. The third-order valence-electron chi connectivity index (χ3n) is 2.91. The van der Waals surface area contributed by atoms with E-state index in [-0.39, 0.29) is 30.1 Å². The maximum absolute atomic E-state index is 12.0. The summed E-state index contributed by atoms with van der Waals surface area (Å²) in [5.41, 5.74) is 0.925. The lowest BCUT2D eigenvalue weighted by Crippen LogP contribution is -2.31. The molecule has 6 heteroatoms. The molecule has 1 aliphatic heterocycles. The number of fused-ring (bicyclic) bond motifs is 1. The Labute approximate surface area is 117 Å². The van der Waals surface area contributed by atoms with Crippen LogP contribution in [0.5, 0.6) is 0 Å². The van der Waals surface area contributed by atoms with E-state index in [9.17, 15) is 9.59 Å². The van der Waals surface area contributed by atoms with Crippen molar-refractivity contribution in [3.8, 4) is 0 Å². The Bertz CT molecular complexity index is 481. The lowest BCUT2D eigenvalue weighted by molar-refractivity contribution is 0.0652. The van der Waals surface area contributed by atoms with E-state index in [0.717, 1.165) is 0 Å². The summed E-state index contributed by atoms with van der Waals surface area (Å²) < 4.78 is 4.73. The van der Waals surface area contributed by atoms with Crippen LogP contribution in [-0.4, -0.2) is 36.3 Å². The van der Waals surface area contributed by atoms with E-state index in [4.69, 9.17) is 10.1 Å². The average molecular weight is 283 g/mol. The number of carbonyl (C=O) groups is 2. The van der Waals surface area contributed by atoms with Gasteiger partial charge in [-0.3, -0.25) is 19.9 Å². The second kappa shape index (κ2) is 6.33. The van der Waals surface area contributed by atoms with Gasteiger partial charge in [-0.2, -0.15) is 0 Å². The zero-order valence-electron chi connectivity index (χ0n) is 10.5. The predicted molar refractivity (Wildman–Crippen MR) is 73.0 cm³/mol. The zero-order valence-corrected chi connectivity index (χ0v) is 11.3. The van der Waals surface area contributed by atoms with E-state index in [1.54, 1.807) is 24.3 Å². The minimum absolute atomic E-state index is 0. The number of nitrogens with one attached hydrogen (secondary N) is 1. The standard InChI is InChI=1S/C13H14N2O3.ClH/c1-18-11(14)7-4-8-15-12(16)9-5-2-3-6-10(9)13(15)17;/h2-3,5-6,14H,4,7-8H2,1H3;1H. The van der Waals surface area contributed by atoms with E-state index in [2.05, 4.69) is 0 Å². The summed E-state index contributed by atoms with van der Waals surface area (Å²) in [4.78, 5) is 25.2. The lowest BCUT2D eigenvalue weighted by atomic mass is 10.1. The molecule has 0 fully saturated rings. The van der Waals surface area contributed by atoms with Gasteiger partial charge in [-0.15, -0.1) is 12.4 Å². The number of amides is 2. The van der Waals surface area contributed by atoms with Crippen LogP contribution >= 0.6 is 12.4 Å². The smallest absolute Gasteiger partial charge is 0.261 e. The van der Waals surface area contributed by atoms with Gasteiger partial charge < -0.3 is 4.74 Å². The number of methoxy groups -OCH3 is 1. The summed E-state index contributed by atoms with van der Waals surface area (Å²) in [5.74, 6) is -0.342. The largest absolute Gasteiger partial charge is 0.484 e. The highest BCUT2D eigenvalue weighted by Gasteiger charge is 2.34. The summed E-state index contributed by atoms with van der Waals surface area (Å²) in [5, 5.41) is 7.33. The van der Waals surface area contributed by atoms with E-state index >= 15 is 0 Å². The van der Waals surface area contributed by atoms with Crippen molar-refractivity contribution in [2.24, 2.45) is 0 Å². The average Bonchev–Trinajstić information content (AvgIpc) is 2.64. The molecule has 2 rings (SSSR count). The maximum atomic E-state index is 12.0. The molecule has 0 aliphatic carbocycles. The van der Waals surface area contributed by atoms with Crippen molar-refractivity contribution in [2.75, 3.05) is 13.7 Å². The highest BCUT2D eigenvalue weighted by atomic mass is 35.5.